The van der Waals surface area contributed by atoms with Gasteiger partial charge in [0.1, 0.15) is 4.88 Å². The van der Waals surface area contributed by atoms with Gasteiger partial charge >= 0.3 is 0 Å². The van der Waals surface area contributed by atoms with Gasteiger partial charge in [0.05, 0.1) is 7.11 Å². The Bertz CT molecular complexity index is 378. The number of anilines is 1. The third-order valence-electron chi connectivity index (χ3n) is 2.02. The molecule has 0 saturated carbocycles. The fourth-order valence-corrected chi connectivity index (χ4v) is 2.06. The normalized spacial score (nSPS) is 15.2. The molecule has 0 atom stereocenters. The summed E-state index contributed by atoms with van der Waals surface area (Å²) in [7, 11) is 1.55. The maximum absolute atomic E-state index is 10.7. The van der Waals surface area contributed by atoms with Gasteiger partial charge in [0.15, 0.2) is 12.1 Å². The standard InChI is InChI=1S/C9H10N2O2S/c1-6-3-11(4-6)8-7(5-12)14-9(10-8)13-2/h5H,1,3-4H2,2H3. The summed E-state index contributed by atoms with van der Waals surface area (Å²) in [6.07, 6.45) is 0.816. The Labute approximate surface area is 85.8 Å². The molecule has 0 spiro atoms. The highest BCUT2D eigenvalue weighted by molar-refractivity contribution is 7.15. The Hall–Kier alpha value is -1.36. The number of nitrogens with zero attached hydrogens (tertiary/aromatic N) is 2. The lowest BCUT2D eigenvalue weighted by atomic mass is 10.1. The smallest absolute Gasteiger partial charge is 0.275 e. The first-order chi connectivity index (χ1) is 6.74. The van der Waals surface area contributed by atoms with E-state index in [1.165, 1.54) is 11.3 Å². The molecule has 1 aromatic rings. The molecule has 0 radical (unpaired) electrons. The van der Waals surface area contributed by atoms with Crippen LogP contribution in [0.25, 0.3) is 0 Å². The lowest BCUT2D eigenvalue weighted by molar-refractivity contribution is 0.112. The monoisotopic (exact) mass is 210 g/mol. The van der Waals surface area contributed by atoms with E-state index in [2.05, 4.69) is 11.6 Å². The number of rotatable bonds is 3. The van der Waals surface area contributed by atoms with Crippen LogP contribution >= 0.6 is 11.3 Å². The molecule has 1 aromatic heterocycles. The molecule has 5 heteroatoms. The van der Waals surface area contributed by atoms with Crippen LogP contribution < -0.4 is 9.64 Å². The highest BCUT2D eigenvalue weighted by atomic mass is 32.1. The summed E-state index contributed by atoms with van der Waals surface area (Å²) in [5.74, 6) is 0.717. The Morgan fingerprint density at radius 2 is 2.36 bits per heavy atom. The molecule has 0 N–H and O–H groups in total. The number of hydrogen-bond donors (Lipinski definition) is 0. The minimum Gasteiger partial charge on any atom is -0.473 e. The van der Waals surface area contributed by atoms with Crippen molar-refractivity contribution in [3.63, 3.8) is 0 Å². The van der Waals surface area contributed by atoms with Crippen LogP contribution in [0.15, 0.2) is 12.2 Å². The molecule has 4 nitrogen and oxygen atoms in total. The molecule has 1 fully saturated rings. The molecule has 0 aliphatic carbocycles. The third-order valence-corrected chi connectivity index (χ3v) is 2.96. The SMILES string of the molecule is C=C1CN(c2nc(OC)sc2C=O)C1. The molecule has 0 amide bonds. The molecule has 2 heterocycles. The quantitative estimate of drug-likeness (QED) is 0.557. The summed E-state index contributed by atoms with van der Waals surface area (Å²) in [5, 5.41) is 0.527. The topological polar surface area (TPSA) is 42.4 Å². The number of hydrogen-bond acceptors (Lipinski definition) is 5. The van der Waals surface area contributed by atoms with E-state index in [0.717, 1.165) is 24.9 Å². The maximum atomic E-state index is 10.7. The number of aldehydes is 1. The van der Waals surface area contributed by atoms with E-state index in [-0.39, 0.29) is 0 Å². The van der Waals surface area contributed by atoms with Crippen LogP contribution in [0.3, 0.4) is 0 Å². The van der Waals surface area contributed by atoms with Gasteiger partial charge in [0.25, 0.3) is 5.19 Å². The van der Waals surface area contributed by atoms with Crippen molar-refractivity contribution in [1.29, 1.82) is 0 Å². The molecule has 2 rings (SSSR count). The van der Waals surface area contributed by atoms with Gasteiger partial charge in [-0.1, -0.05) is 17.9 Å². The summed E-state index contributed by atoms with van der Waals surface area (Å²) < 4.78 is 4.98. The summed E-state index contributed by atoms with van der Waals surface area (Å²) in [6.45, 7) is 5.40. The fourth-order valence-electron chi connectivity index (χ4n) is 1.34. The summed E-state index contributed by atoms with van der Waals surface area (Å²) in [6, 6.07) is 0. The van der Waals surface area contributed by atoms with Gasteiger partial charge < -0.3 is 9.64 Å². The van der Waals surface area contributed by atoms with E-state index in [9.17, 15) is 4.79 Å². The molecule has 1 saturated heterocycles. The Morgan fingerprint density at radius 3 is 2.86 bits per heavy atom. The average Bonchev–Trinajstić information content (AvgIpc) is 2.55. The van der Waals surface area contributed by atoms with E-state index < -0.39 is 0 Å². The number of thiazole rings is 1. The number of aromatic nitrogens is 1. The first-order valence-electron chi connectivity index (χ1n) is 4.16. The summed E-state index contributed by atoms with van der Waals surface area (Å²) in [5.41, 5.74) is 1.16. The van der Waals surface area contributed by atoms with Gasteiger partial charge in [-0.15, -0.1) is 0 Å². The highest BCUT2D eigenvalue weighted by Gasteiger charge is 2.24. The van der Waals surface area contributed by atoms with Crippen LogP contribution in [0.4, 0.5) is 5.82 Å². The van der Waals surface area contributed by atoms with E-state index >= 15 is 0 Å². The number of ether oxygens (including phenoxy) is 1. The van der Waals surface area contributed by atoms with Crippen LogP contribution in [0.2, 0.25) is 0 Å². The van der Waals surface area contributed by atoms with Gasteiger partial charge in [-0.2, -0.15) is 4.98 Å². The average molecular weight is 210 g/mol. The van der Waals surface area contributed by atoms with E-state index in [0.29, 0.717) is 15.9 Å². The predicted molar refractivity (Wildman–Crippen MR) is 55.4 cm³/mol. The Balaban J connectivity index is 2.27. The highest BCUT2D eigenvalue weighted by Crippen LogP contribution is 2.32. The van der Waals surface area contributed by atoms with Gasteiger partial charge in [0, 0.05) is 13.1 Å². The van der Waals surface area contributed by atoms with Crippen molar-refractivity contribution in [3.8, 4) is 5.19 Å². The van der Waals surface area contributed by atoms with Crippen molar-refractivity contribution < 1.29 is 9.53 Å². The van der Waals surface area contributed by atoms with Gasteiger partial charge in [-0.25, -0.2) is 0 Å². The van der Waals surface area contributed by atoms with Crippen molar-refractivity contribution in [3.05, 3.63) is 17.0 Å². The van der Waals surface area contributed by atoms with Gasteiger partial charge in [0.2, 0.25) is 0 Å². The van der Waals surface area contributed by atoms with Crippen molar-refractivity contribution in [2.45, 2.75) is 0 Å². The van der Waals surface area contributed by atoms with Crippen molar-refractivity contribution in [2.75, 3.05) is 25.1 Å². The van der Waals surface area contributed by atoms with E-state index in [1.807, 2.05) is 4.90 Å². The van der Waals surface area contributed by atoms with Crippen LogP contribution in [0.1, 0.15) is 9.67 Å². The van der Waals surface area contributed by atoms with Crippen molar-refractivity contribution in [1.82, 2.24) is 4.98 Å². The summed E-state index contributed by atoms with van der Waals surface area (Å²) >= 11 is 1.27. The molecular weight excluding hydrogens is 200 g/mol. The van der Waals surface area contributed by atoms with Crippen LogP contribution in [0.5, 0.6) is 5.19 Å². The first-order valence-corrected chi connectivity index (χ1v) is 4.98. The zero-order valence-corrected chi connectivity index (χ0v) is 8.63. The first kappa shape index (κ1) is 9.21. The largest absolute Gasteiger partial charge is 0.473 e. The molecule has 0 aromatic carbocycles. The van der Waals surface area contributed by atoms with E-state index in [1.54, 1.807) is 7.11 Å². The number of carbonyl (C=O) groups is 1. The molecule has 1 aliphatic heterocycles. The second-order valence-corrected chi connectivity index (χ2v) is 4.09. The minimum atomic E-state index is 0.527. The molecular formula is C9H10N2O2S. The van der Waals surface area contributed by atoms with Gasteiger partial charge in [-0.3, -0.25) is 4.79 Å². The second-order valence-electron chi connectivity index (χ2n) is 3.10. The lowest BCUT2D eigenvalue weighted by Crippen LogP contribution is -2.40. The molecule has 0 unspecified atom stereocenters. The zero-order chi connectivity index (χ0) is 10.1. The summed E-state index contributed by atoms with van der Waals surface area (Å²) in [4.78, 5) is 17.6. The lowest BCUT2D eigenvalue weighted by Gasteiger charge is -2.33. The maximum Gasteiger partial charge on any atom is 0.275 e. The van der Waals surface area contributed by atoms with Crippen LogP contribution in [-0.2, 0) is 0 Å². The number of carbonyl (C=O) groups excluding carboxylic acids is 1. The zero-order valence-electron chi connectivity index (χ0n) is 7.82. The number of methoxy groups -OCH3 is 1. The fraction of sp³-hybridized carbons (Fsp3) is 0.333. The molecule has 1 aliphatic rings. The van der Waals surface area contributed by atoms with Crippen molar-refractivity contribution >= 4 is 23.4 Å². The van der Waals surface area contributed by atoms with Crippen LogP contribution in [-0.4, -0.2) is 31.5 Å². The molecule has 74 valence electrons. The third kappa shape index (κ3) is 1.39. The second kappa shape index (κ2) is 3.42. The molecule has 14 heavy (non-hydrogen) atoms. The predicted octanol–water partition coefficient (Wildman–Crippen LogP) is 1.34. The van der Waals surface area contributed by atoms with Crippen LogP contribution in [0, 0.1) is 0 Å². The Kier molecular flexibility index (Phi) is 2.25. The minimum absolute atomic E-state index is 0.527. The Morgan fingerprint density at radius 1 is 1.64 bits per heavy atom. The van der Waals surface area contributed by atoms with Crippen molar-refractivity contribution in [2.24, 2.45) is 0 Å². The van der Waals surface area contributed by atoms with E-state index in [4.69, 9.17) is 4.74 Å². The molecule has 0 bridgehead atoms. The van der Waals surface area contributed by atoms with Gasteiger partial charge in [-0.05, 0) is 5.57 Å².